The molecule has 8 aromatic rings. The molecule has 0 atom stereocenters. The highest BCUT2D eigenvalue weighted by Crippen LogP contribution is 2.31. The average Bonchev–Trinajstić information content (AvgIpc) is 3.46. The maximum atomic E-state index is 13.4. The number of aryl methyl sites for hydroxylation is 2. The van der Waals surface area contributed by atoms with Crippen LogP contribution in [0.1, 0.15) is 47.9 Å². The third kappa shape index (κ3) is 15.1. The molecule has 0 aliphatic carbocycles. The fourth-order valence-electron chi connectivity index (χ4n) is 9.70. The van der Waals surface area contributed by atoms with Gasteiger partial charge in [-0.15, -0.1) is 0 Å². The number of carbonyl (C=O) groups is 2. The number of fused-ring (bicyclic) bond motifs is 2. The summed E-state index contributed by atoms with van der Waals surface area (Å²) < 4.78 is 36.6. The number of ether oxygens (including phenoxy) is 4. The summed E-state index contributed by atoms with van der Waals surface area (Å²) in [5, 5.41) is 14.1. The molecule has 4 aliphatic heterocycles. The van der Waals surface area contributed by atoms with Crippen molar-refractivity contribution < 1.29 is 32.9 Å². The van der Waals surface area contributed by atoms with Crippen LogP contribution in [0.5, 0.6) is 0 Å². The Balaban J connectivity index is 0.000000148. The van der Waals surface area contributed by atoms with Crippen molar-refractivity contribution in [1.82, 2.24) is 35.1 Å². The molecule has 0 bridgehead atoms. The third-order valence-electron chi connectivity index (χ3n) is 14.5. The second-order valence-electron chi connectivity index (χ2n) is 20.3. The molecule has 8 heterocycles. The van der Waals surface area contributed by atoms with Crippen LogP contribution in [0.2, 0.25) is 0 Å². The Kier molecular flexibility index (Phi) is 18.1. The molecule has 4 aromatic heterocycles. The highest BCUT2D eigenvalue weighted by atomic mass is 19.1. The van der Waals surface area contributed by atoms with Gasteiger partial charge in [0.1, 0.15) is 30.7 Å². The number of nitrogens with one attached hydrogen (secondary N) is 3. The number of piperidine rings is 2. The lowest BCUT2D eigenvalue weighted by molar-refractivity contribution is -0.0607. The molecule has 4 fully saturated rings. The molecule has 17 heteroatoms. The zero-order valence-corrected chi connectivity index (χ0v) is 44.7. The van der Waals surface area contributed by atoms with Gasteiger partial charge in [0.2, 0.25) is 0 Å². The van der Waals surface area contributed by atoms with Crippen LogP contribution in [0.4, 0.5) is 42.7 Å². The van der Waals surface area contributed by atoms with E-state index in [2.05, 4.69) is 65.9 Å². The lowest BCUT2D eigenvalue weighted by atomic mass is 10.1. The van der Waals surface area contributed by atoms with Gasteiger partial charge in [0.25, 0.3) is 0 Å². The normalized spacial score (nSPS) is 15.9. The Bertz CT molecular complexity index is 3280. The van der Waals surface area contributed by atoms with Gasteiger partial charge in [-0.2, -0.15) is 0 Å². The molecule has 16 nitrogen and oxygen atoms in total. The minimum Gasteiger partial charge on any atom is -0.445 e. The van der Waals surface area contributed by atoms with Crippen LogP contribution >= 0.6 is 0 Å². The van der Waals surface area contributed by atoms with Crippen LogP contribution < -0.4 is 20.9 Å². The molecular weight excluding hydrogens is 1000 g/mol. The molecule has 3 N–H and O–H groups in total. The van der Waals surface area contributed by atoms with E-state index in [1.54, 1.807) is 29.1 Å². The quantitative estimate of drug-likeness (QED) is 0.0997. The Hall–Kier alpha value is -8.25. The summed E-state index contributed by atoms with van der Waals surface area (Å²) >= 11 is 0. The summed E-state index contributed by atoms with van der Waals surface area (Å²) in [5.74, 6) is 1.05. The van der Waals surface area contributed by atoms with E-state index in [1.807, 2.05) is 116 Å². The Morgan fingerprint density at radius 1 is 0.557 bits per heavy atom. The van der Waals surface area contributed by atoms with Gasteiger partial charge in [0, 0.05) is 135 Å². The lowest BCUT2D eigenvalue weighted by Gasteiger charge is -2.44. The largest absolute Gasteiger partial charge is 0.445 e. The predicted octanol–water partition coefficient (Wildman–Crippen LogP) is 11.3. The van der Waals surface area contributed by atoms with Gasteiger partial charge in [-0.1, -0.05) is 72.8 Å². The SMILES string of the molecule is Cc1cnc(Nc2ccc3cnccc3c2)cc1F.Cc1cnc(Nc2ccc3cnccc3c2)cc1N1CC(OC2CCN(C(=O)OCc3ccccc3)CC2)C1.O=C(OCc1ccccc1)N1CCC(OC2CNC2)CC1. The summed E-state index contributed by atoms with van der Waals surface area (Å²) in [6.45, 7) is 10.8. The predicted molar refractivity (Wildman–Crippen MR) is 305 cm³/mol. The van der Waals surface area contributed by atoms with E-state index in [0.29, 0.717) is 43.8 Å². The first kappa shape index (κ1) is 54.1. The number of pyridine rings is 4. The molecule has 12 rings (SSSR count). The summed E-state index contributed by atoms with van der Waals surface area (Å²) in [4.78, 5) is 47.4. The van der Waals surface area contributed by atoms with Gasteiger partial charge < -0.3 is 49.6 Å². The number of likely N-dealkylation sites (tertiary alicyclic amines) is 2. The van der Waals surface area contributed by atoms with Crippen molar-refractivity contribution in [3.8, 4) is 0 Å². The summed E-state index contributed by atoms with van der Waals surface area (Å²) in [5.41, 5.74) is 6.74. The molecule has 79 heavy (non-hydrogen) atoms. The van der Waals surface area contributed by atoms with E-state index in [4.69, 9.17) is 18.9 Å². The molecular formula is C62H67FN10O6. The van der Waals surface area contributed by atoms with Gasteiger partial charge in [0.15, 0.2) is 0 Å². The maximum Gasteiger partial charge on any atom is 0.410 e. The van der Waals surface area contributed by atoms with Crippen molar-refractivity contribution in [3.63, 3.8) is 0 Å². The number of hydrogen-bond acceptors (Lipinski definition) is 14. The highest BCUT2D eigenvalue weighted by Gasteiger charge is 2.33. The molecule has 0 radical (unpaired) electrons. The average molecular weight is 1070 g/mol. The smallest absolute Gasteiger partial charge is 0.410 e. The van der Waals surface area contributed by atoms with Crippen LogP contribution in [0.15, 0.2) is 159 Å². The number of amides is 2. The van der Waals surface area contributed by atoms with E-state index in [-0.39, 0.29) is 36.3 Å². The van der Waals surface area contributed by atoms with Gasteiger partial charge in [-0.25, -0.2) is 23.9 Å². The van der Waals surface area contributed by atoms with Crippen LogP contribution in [0, 0.1) is 19.7 Å². The Morgan fingerprint density at radius 3 is 1.52 bits per heavy atom. The van der Waals surface area contributed by atoms with Crippen molar-refractivity contribution >= 4 is 62.4 Å². The van der Waals surface area contributed by atoms with Crippen molar-refractivity contribution in [1.29, 1.82) is 0 Å². The Morgan fingerprint density at radius 2 is 1.04 bits per heavy atom. The first-order valence-electron chi connectivity index (χ1n) is 27.1. The van der Waals surface area contributed by atoms with E-state index < -0.39 is 0 Å². The second-order valence-corrected chi connectivity index (χ2v) is 20.3. The molecule has 0 spiro atoms. The first-order chi connectivity index (χ1) is 38.6. The van der Waals surface area contributed by atoms with E-state index >= 15 is 0 Å². The molecule has 0 saturated carbocycles. The number of aromatic nitrogens is 4. The third-order valence-corrected chi connectivity index (χ3v) is 14.5. The number of anilines is 5. The summed E-state index contributed by atoms with van der Waals surface area (Å²) in [6, 6.07) is 39.1. The molecule has 2 amide bonds. The zero-order chi connectivity index (χ0) is 54.3. The van der Waals surface area contributed by atoms with E-state index in [0.717, 1.165) is 120 Å². The number of hydrogen-bond donors (Lipinski definition) is 3. The van der Waals surface area contributed by atoms with Gasteiger partial charge in [-0.05, 0) is 103 Å². The lowest BCUT2D eigenvalue weighted by Crippen LogP contribution is -2.54. The monoisotopic (exact) mass is 1070 g/mol. The van der Waals surface area contributed by atoms with Crippen LogP contribution in [0.3, 0.4) is 0 Å². The van der Waals surface area contributed by atoms with Crippen LogP contribution in [0.25, 0.3) is 21.5 Å². The van der Waals surface area contributed by atoms with Crippen LogP contribution in [-0.2, 0) is 32.2 Å². The number of halogens is 1. The molecule has 4 saturated heterocycles. The van der Waals surface area contributed by atoms with Gasteiger partial charge >= 0.3 is 12.2 Å². The maximum absolute atomic E-state index is 13.4. The number of nitrogens with zero attached hydrogens (tertiary/aromatic N) is 7. The minimum atomic E-state index is -0.262. The fourth-order valence-corrected chi connectivity index (χ4v) is 9.70. The number of carbonyl (C=O) groups excluding carboxylic acids is 2. The topological polar surface area (TPSA) is 168 Å². The molecule has 408 valence electrons. The highest BCUT2D eigenvalue weighted by molar-refractivity contribution is 5.86. The van der Waals surface area contributed by atoms with E-state index in [1.165, 1.54) is 18.0 Å². The summed E-state index contributed by atoms with van der Waals surface area (Å²) in [6.07, 6.45) is 14.7. The van der Waals surface area contributed by atoms with E-state index in [9.17, 15) is 14.0 Å². The standard InChI is InChI=1S/C31H33N5O3.C16H22N2O3.C15H12FN3/c1-22-17-33-30(34-26-8-7-25-18-32-12-9-24(25)15-26)16-29(22)36-19-28(20-36)39-27-10-13-35(14-11-27)31(37)38-21-23-5-3-2-4-6-23;19-16(20-12-13-4-2-1-3-5-13)18-8-6-14(7-9-18)21-15-10-17-11-15;1-10-8-18-15(7-14(10)16)19-13-3-2-12-9-17-5-4-11(12)6-13/h2-9,12,15-18,27-28H,10-11,13-14,19-21H2,1H3,(H,33,34);1-5,14-15,17H,6-12H2;2-9H,1H3,(H,18,19). The van der Waals surface area contributed by atoms with Gasteiger partial charge in [-0.3, -0.25) is 9.97 Å². The van der Waals surface area contributed by atoms with Crippen molar-refractivity contribution in [3.05, 3.63) is 187 Å². The van der Waals surface area contributed by atoms with Crippen molar-refractivity contribution in [2.75, 3.05) is 67.9 Å². The second kappa shape index (κ2) is 26.4. The molecule has 0 unspecified atom stereocenters. The number of rotatable bonds is 13. The summed E-state index contributed by atoms with van der Waals surface area (Å²) in [7, 11) is 0. The first-order valence-corrected chi connectivity index (χ1v) is 27.1. The van der Waals surface area contributed by atoms with Gasteiger partial charge in [0.05, 0.1) is 24.4 Å². The number of benzene rings is 4. The zero-order valence-electron chi connectivity index (χ0n) is 44.7. The van der Waals surface area contributed by atoms with Crippen LogP contribution in [-0.4, -0.2) is 119 Å². The van der Waals surface area contributed by atoms with Crippen molar-refractivity contribution in [2.24, 2.45) is 0 Å². The Labute approximate surface area is 460 Å². The fraction of sp³-hybridized carbons (Fsp3) is 0.323. The van der Waals surface area contributed by atoms with Crippen molar-refractivity contribution in [2.45, 2.75) is 77.2 Å². The molecule has 4 aliphatic rings. The molecule has 4 aromatic carbocycles. The minimum absolute atomic E-state index is 0.175.